The Hall–Kier alpha value is -1.59. The third kappa shape index (κ3) is 6.22. The second-order valence-corrected chi connectivity index (χ2v) is 4.99. The van der Waals surface area contributed by atoms with Gasteiger partial charge in [-0.05, 0) is 33.1 Å². The molecular formula is C13H22N2O4. The van der Waals surface area contributed by atoms with Gasteiger partial charge < -0.3 is 15.4 Å². The molecule has 0 aromatic heterocycles. The normalized spacial score (nSPS) is 18.9. The first-order chi connectivity index (χ1) is 8.99. The molecule has 0 spiro atoms. The van der Waals surface area contributed by atoms with Crippen molar-refractivity contribution < 1.29 is 19.1 Å². The zero-order valence-electron chi connectivity index (χ0n) is 11.5. The monoisotopic (exact) mass is 270 g/mol. The Morgan fingerprint density at radius 1 is 1.42 bits per heavy atom. The van der Waals surface area contributed by atoms with E-state index in [4.69, 9.17) is 4.74 Å². The molecular weight excluding hydrogens is 248 g/mol. The third-order valence-electron chi connectivity index (χ3n) is 2.74. The van der Waals surface area contributed by atoms with Crippen LogP contribution in [0.1, 0.15) is 46.0 Å². The van der Waals surface area contributed by atoms with Crippen molar-refractivity contribution in [3.05, 3.63) is 0 Å². The predicted octanol–water partition coefficient (Wildman–Crippen LogP) is 0.503. The highest BCUT2D eigenvalue weighted by atomic mass is 16.5. The quantitative estimate of drug-likeness (QED) is 0.688. The summed E-state index contributed by atoms with van der Waals surface area (Å²) in [6.45, 7) is 4.41. The molecule has 0 radical (unpaired) electrons. The van der Waals surface area contributed by atoms with Crippen LogP contribution in [0.25, 0.3) is 0 Å². The Morgan fingerprint density at radius 2 is 2.16 bits per heavy atom. The first-order valence-electron chi connectivity index (χ1n) is 6.75. The Balaban J connectivity index is 2.17. The summed E-state index contributed by atoms with van der Waals surface area (Å²) in [5.74, 6) is -0.713. The standard InChI is InChI=1S/C13H22N2O4/c1-9(2)15-11(16)6-3-7-12(17)19-10-5-4-8-14-13(10)18/h9-10H,3-8H2,1-2H3,(H,14,18)(H,15,16)/t10-/m0/s1. The van der Waals surface area contributed by atoms with Crippen molar-refractivity contribution in [2.24, 2.45) is 0 Å². The minimum absolute atomic E-state index is 0.0711. The minimum Gasteiger partial charge on any atom is -0.452 e. The van der Waals surface area contributed by atoms with Crippen LogP contribution < -0.4 is 10.6 Å². The van der Waals surface area contributed by atoms with E-state index >= 15 is 0 Å². The van der Waals surface area contributed by atoms with Gasteiger partial charge in [0.2, 0.25) is 5.91 Å². The molecule has 0 saturated carbocycles. The summed E-state index contributed by atoms with van der Waals surface area (Å²) < 4.78 is 5.08. The maximum absolute atomic E-state index is 11.5. The lowest BCUT2D eigenvalue weighted by atomic mass is 10.1. The molecule has 2 N–H and O–H groups in total. The molecule has 0 unspecified atom stereocenters. The summed E-state index contributed by atoms with van der Waals surface area (Å²) >= 11 is 0. The summed E-state index contributed by atoms with van der Waals surface area (Å²) in [4.78, 5) is 34.3. The van der Waals surface area contributed by atoms with Gasteiger partial charge in [-0.15, -0.1) is 0 Å². The second-order valence-electron chi connectivity index (χ2n) is 4.99. The van der Waals surface area contributed by atoms with Crippen molar-refractivity contribution in [1.82, 2.24) is 10.6 Å². The second kappa shape index (κ2) is 7.76. The molecule has 1 atom stereocenters. The lowest BCUT2D eigenvalue weighted by Crippen LogP contribution is -2.42. The number of hydrogen-bond acceptors (Lipinski definition) is 4. The van der Waals surface area contributed by atoms with Gasteiger partial charge in [0.25, 0.3) is 5.91 Å². The lowest BCUT2D eigenvalue weighted by Gasteiger charge is -2.21. The van der Waals surface area contributed by atoms with E-state index in [2.05, 4.69) is 10.6 Å². The van der Waals surface area contributed by atoms with Gasteiger partial charge in [-0.1, -0.05) is 0 Å². The summed E-state index contributed by atoms with van der Waals surface area (Å²) in [7, 11) is 0. The SMILES string of the molecule is CC(C)NC(=O)CCCC(=O)O[C@H]1CCCNC1=O. The number of hydrogen-bond donors (Lipinski definition) is 2. The van der Waals surface area contributed by atoms with E-state index in [-0.39, 0.29) is 24.3 Å². The van der Waals surface area contributed by atoms with Gasteiger partial charge in [0.1, 0.15) is 0 Å². The highest BCUT2D eigenvalue weighted by Crippen LogP contribution is 2.09. The third-order valence-corrected chi connectivity index (χ3v) is 2.74. The fraction of sp³-hybridized carbons (Fsp3) is 0.769. The van der Waals surface area contributed by atoms with Crippen molar-refractivity contribution in [2.45, 2.75) is 58.1 Å². The Labute approximate surface area is 113 Å². The van der Waals surface area contributed by atoms with Crippen LogP contribution in [0.4, 0.5) is 0 Å². The van der Waals surface area contributed by atoms with Crippen molar-refractivity contribution in [2.75, 3.05) is 6.54 Å². The van der Waals surface area contributed by atoms with Crippen LogP contribution in [0.3, 0.4) is 0 Å². The summed E-state index contributed by atoms with van der Waals surface area (Å²) in [5.41, 5.74) is 0. The van der Waals surface area contributed by atoms with E-state index in [1.54, 1.807) is 0 Å². The zero-order chi connectivity index (χ0) is 14.3. The average molecular weight is 270 g/mol. The molecule has 0 bridgehead atoms. The van der Waals surface area contributed by atoms with Gasteiger partial charge in [0.15, 0.2) is 6.10 Å². The van der Waals surface area contributed by atoms with E-state index in [1.807, 2.05) is 13.8 Å². The molecule has 1 heterocycles. The Morgan fingerprint density at radius 3 is 2.79 bits per heavy atom. The minimum atomic E-state index is -0.661. The summed E-state index contributed by atoms with van der Waals surface area (Å²) in [5, 5.41) is 5.40. The number of carbonyl (C=O) groups is 3. The first-order valence-corrected chi connectivity index (χ1v) is 6.75. The molecule has 1 aliphatic rings. The molecule has 2 amide bonds. The van der Waals surface area contributed by atoms with E-state index in [0.29, 0.717) is 25.8 Å². The van der Waals surface area contributed by atoms with E-state index in [9.17, 15) is 14.4 Å². The maximum Gasteiger partial charge on any atom is 0.306 e. The molecule has 1 saturated heterocycles. The van der Waals surface area contributed by atoms with Crippen LogP contribution in [-0.2, 0) is 19.1 Å². The number of ether oxygens (including phenoxy) is 1. The largest absolute Gasteiger partial charge is 0.452 e. The fourth-order valence-corrected chi connectivity index (χ4v) is 1.86. The topological polar surface area (TPSA) is 84.5 Å². The van der Waals surface area contributed by atoms with Crippen LogP contribution in [0.2, 0.25) is 0 Å². The molecule has 0 aromatic rings. The zero-order valence-corrected chi connectivity index (χ0v) is 11.5. The fourth-order valence-electron chi connectivity index (χ4n) is 1.86. The van der Waals surface area contributed by atoms with Crippen LogP contribution in [0.15, 0.2) is 0 Å². The molecule has 1 rings (SSSR count). The van der Waals surface area contributed by atoms with Crippen molar-refractivity contribution >= 4 is 17.8 Å². The molecule has 6 nitrogen and oxygen atoms in total. The number of rotatable bonds is 6. The van der Waals surface area contributed by atoms with E-state index in [0.717, 1.165) is 6.42 Å². The number of piperidine rings is 1. The van der Waals surface area contributed by atoms with Gasteiger partial charge in [-0.2, -0.15) is 0 Å². The van der Waals surface area contributed by atoms with Crippen molar-refractivity contribution in [1.29, 1.82) is 0 Å². The number of nitrogens with one attached hydrogen (secondary N) is 2. The van der Waals surface area contributed by atoms with Gasteiger partial charge >= 0.3 is 5.97 Å². The lowest BCUT2D eigenvalue weighted by molar-refractivity contribution is -0.157. The smallest absolute Gasteiger partial charge is 0.306 e. The molecule has 1 fully saturated rings. The van der Waals surface area contributed by atoms with Gasteiger partial charge in [-0.3, -0.25) is 14.4 Å². The van der Waals surface area contributed by atoms with Crippen molar-refractivity contribution in [3.63, 3.8) is 0 Å². The Bertz CT molecular complexity index is 342. The first kappa shape index (κ1) is 15.5. The number of carbonyl (C=O) groups excluding carboxylic acids is 3. The highest BCUT2D eigenvalue weighted by Gasteiger charge is 2.25. The van der Waals surface area contributed by atoms with E-state index < -0.39 is 12.1 Å². The molecule has 6 heteroatoms. The van der Waals surface area contributed by atoms with Gasteiger partial charge in [0.05, 0.1) is 0 Å². The van der Waals surface area contributed by atoms with Gasteiger partial charge in [-0.25, -0.2) is 0 Å². The van der Waals surface area contributed by atoms with Crippen LogP contribution in [-0.4, -0.2) is 36.5 Å². The predicted molar refractivity (Wildman–Crippen MR) is 69.3 cm³/mol. The van der Waals surface area contributed by atoms with E-state index in [1.165, 1.54) is 0 Å². The molecule has 0 aromatic carbocycles. The average Bonchev–Trinajstić information content (AvgIpc) is 2.31. The van der Waals surface area contributed by atoms with Crippen LogP contribution in [0.5, 0.6) is 0 Å². The number of amides is 2. The Kier molecular flexibility index (Phi) is 6.32. The number of esters is 1. The summed E-state index contributed by atoms with van der Waals surface area (Å²) in [6, 6.07) is 0.102. The van der Waals surface area contributed by atoms with Crippen LogP contribution >= 0.6 is 0 Å². The van der Waals surface area contributed by atoms with Crippen LogP contribution in [0, 0.1) is 0 Å². The van der Waals surface area contributed by atoms with Gasteiger partial charge in [0, 0.05) is 25.4 Å². The molecule has 108 valence electrons. The molecule has 19 heavy (non-hydrogen) atoms. The molecule has 0 aliphatic carbocycles. The highest BCUT2D eigenvalue weighted by molar-refractivity contribution is 5.84. The van der Waals surface area contributed by atoms with Crippen molar-refractivity contribution in [3.8, 4) is 0 Å². The molecule has 1 aliphatic heterocycles. The maximum atomic E-state index is 11.5. The summed E-state index contributed by atoms with van der Waals surface area (Å²) in [6.07, 6.45) is 1.63.